The lowest BCUT2D eigenvalue weighted by Gasteiger charge is -2.08. The van der Waals surface area contributed by atoms with Crippen molar-refractivity contribution in [2.24, 2.45) is 0 Å². The minimum Gasteiger partial charge on any atom is -0.493 e. The zero-order valence-electron chi connectivity index (χ0n) is 15.4. The average molecular weight is 398 g/mol. The Labute approximate surface area is 165 Å². The van der Waals surface area contributed by atoms with Crippen LogP contribution < -0.4 is 24.3 Å². The van der Waals surface area contributed by atoms with Crippen molar-refractivity contribution in [3.8, 4) is 34.3 Å². The molecule has 0 spiro atoms. The van der Waals surface area contributed by atoms with Gasteiger partial charge in [-0.2, -0.15) is 0 Å². The number of ether oxygens (including phenoxy) is 4. The van der Waals surface area contributed by atoms with Crippen LogP contribution in [0, 0.1) is 0 Å². The second-order valence-corrected chi connectivity index (χ2v) is 6.88. The molecule has 1 aliphatic rings. The fourth-order valence-corrected chi connectivity index (χ4v) is 3.59. The highest BCUT2D eigenvalue weighted by Gasteiger charge is 2.15. The zero-order valence-corrected chi connectivity index (χ0v) is 16.2. The highest BCUT2D eigenvalue weighted by molar-refractivity contribution is 7.14. The molecule has 28 heavy (non-hydrogen) atoms. The van der Waals surface area contributed by atoms with Crippen molar-refractivity contribution in [3.05, 3.63) is 47.3 Å². The molecule has 2 aromatic carbocycles. The van der Waals surface area contributed by atoms with E-state index in [1.54, 1.807) is 14.2 Å². The predicted octanol–water partition coefficient (Wildman–Crippen LogP) is 3.74. The molecule has 0 radical (unpaired) electrons. The molecule has 3 aromatic rings. The van der Waals surface area contributed by atoms with E-state index in [1.165, 1.54) is 11.3 Å². The first-order chi connectivity index (χ1) is 13.7. The van der Waals surface area contributed by atoms with Crippen LogP contribution in [0.1, 0.15) is 5.56 Å². The summed E-state index contributed by atoms with van der Waals surface area (Å²) < 4.78 is 21.2. The molecule has 0 bridgehead atoms. The molecule has 1 aromatic heterocycles. The van der Waals surface area contributed by atoms with E-state index in [0.717, 1.165) is 16.8 Å². The topological polar surface area (TPSA) is 78.9 Å². The summed E-state index contributed by atoms with van der Waals surface area (Å²) in [5.74, 6) is 2.49. The van der Waals surface area contributed by atoms with Crippen LogP contribution in [0.5, 0.6) is 23.0 Å². The quantitative estimate of drug-likeness (QED) is 0.682. The van der Waals surface area contributed by atoms with Crippen molar-refractivity contribution in [2.45, 2.75) is 6.42 Å². The first-order valence-corrected chi connectivity index (χ1v) is 9.40. The fourth-order valence-electron chi connectivity index (χ4n) is 2.86. The van der Waals surface area contributed by atoms with Crippen LogP contribution in [0.3, 0.4) is 0 Å². The molecule has 0 atom stereocenters. The number of thiazole rings is 1. The van der Waals surface area contributed by atoms with Crippen molar-refractivity contribution in [2.75, 3.05) is 26.3 Å². The summed E-state index contributed by atoms with van der Waals surface area (Å²) >= 11 is 1.37. The van der Waals surface area contributed by atoms with E-state index in [9.17, 15) is 4.79 Å². The summed E-state index contributed by atoms with van der Waals surface area (Å²) in [6.45, 7) is 0.211. The number of nitrogens with zero attached hydrogens (tertiary/aromatic N) is 1. The van der Waals surface area contributed by atoms with Gasteiger partial charge in [-0.1, -0.05) is 6.07 Å². The summed E-state index contributed by atoms with van der Waals surface area (Å²) in [6.07, 6.45) is 0.224. The second-order valence-electron chi connectivity index (χ2n) is 6.02. The Hall–Kier alpha value is -3.26. The number of nitrogens with one attached hydrogen (secondary N) is 1. The molecule has 1 amide bonds. The minimum atomic E-state index is -0.146. The van der Waals surface area contributed by atoms with Crippen LogP contribution in [0.25, 0.3) is 11.3 Å². The first-order valence-electron chi connectivity index (χ1n) is 8.52. The number of fused-ring (bicyclic) bond motifs is 1. The van der Waals surface area contributed by atoms with Gasteiger partial charge in [0.1, 0.15) is 0 Å². The van der Waals surface area contributed by atoms with E-state index in [4.69, 9.17) is 18.9 Å². The van der Waals surface area contributed by atoms with E-state index >= 15 is 0 Å². The molecule has 8 heteroatoms. The average Bonchev–Trinajstić information content (AvgIpc) is 3.36. The zero-order chi connectivity index (χ0) is 19.5. The van der Waals surface area contributed by atoms with Gasteiger partial charge in [0.25, 0.3) is 0 Å². The van der Waals surface area contributed by atoms with E-state index in [-0.39, 0.29) is 19.1 Å². The Balaban J connectivity index is 1.44. The number of benzene rings is 2. The van der Waals surface area contributed by atoms with E-state index < -0.39 is 0 Å². The van der Waals surface area contributed by atoms with Gasteiger partial charge in [0.05, 0.1) is 26.3 Å². The molecule has 0 aliphatic carbocycles. The molecule has 0 fully saturated rings. The Kier molecular flexibility index (Phi) is 5.03. The second kappa shape index (κ2) is 7.77. The largest absolute Gasteiger partial charge is 0.493 e. The maximum atomic E-state index is 12.4. The van der Waals surface area contributed by atoms with Crippen molar-refractivity contribution < 1.29 is 23.7 Å². The van der Waals surface area contributed by atoms with E-state index in [0.29, 0.717) is 28.1 Å². The molecule has 4 rings (SSSR count). The molecule has 7 nitrogen and oxygen atoms in total. The van der Waals surface area contributed by atoms with Gasteiger partial charge in [-0.15, -0.1) is 11.3 Å². The fraction of sp³-hybridized carbons (Fsp3) is 0.200. The number of rotatable bonds is 6. The Morgan fingerprint density at radius 2 is 1.93 bits per heavy atom. The number of aromatic nitrogens is 1. The summed E-state index contributed by atoms with van der Waals surface area (Å²) in [6, 6.07) is 11.1. The summed E-state index contributed by atoms with van der Waals surface area (Å²) in [7, 11) is 3.18. The molecule has 0 saturated heterocycles. The molecule has 0 unspecified atom stereocenters. The van der Waals surface area contributed by atoms with Gasteiger partial charge in [0.2, 0.25) is 12.7 Å². The number of hydrogen-bond acceptors (Lipinski definition) is 7. The van der Waals surface area contributed by atoms with Crippen LogP contribution in [0.2, 0.25) is 0 Å². The van der Waals surface area contributed by atoms with Crippen molar-refractivity contribution in [1.29, 1.82) is 0 Å². The van der Waals surface area contributed by atoms with Gasteiger partial charge >= 0.3 is 0 Å². The summed E-state index contributed by atoms with van der Waals surface area (Å²) in [5.41, 5.74) is 2.48. The monoisotopic (exact) mass is 398 g/mol. The van der Waals surface area contributed by atoms with Gasteiger partial charge in [0.15, 0.2) is 28.1 Å². The van der Waals surface area contributed by atoms with Crippen molar-refractivity contribution in [3.63, 3.8) is 0 Å². The third-order valence-corrected chi connectivity index (χ3v) is 4.99. The highest BCUT2D eigenvalue weighted by atomic mass is 32.1. The van der Waals surface area contributed by atoms with E-state index in [2.05, 4.69) is 10.3 Å². The summed E-state index contributed by atoms with van der Waals surface area (Å²) in [5, 5.41) is 5.26. The lowest BCUT2D eigenvalue weighted by Crippen LogP contribution is -2.14. The number of carbonyl (C=O) groups is 1. The molecule has 2 heterocycles. The molecule has 1 aliphatic heterocycles. The predicted molar refractivity (Wildman–Crippen MR) is 106 cm³/mol. The molecular weight excluding hydrogens is 380 g/mol. The van der Waals surface area contributed by atoms with Gasteiger partial charge in [0, 0.05) is 10.9 Å². The van der Waals surface area contributed by atoms with Crippen molar-refractivity contribution >= 4 is 22.4 Å². The Morgan fingerprint density at radius 3 is 2.75 bits per heavy atom. The lowest BCUT2D eigenvalue weighted by molar-refractivity contribution is -0.115. The number of hydrogen-bond donors (Lipinski definition) is 1. The number of amides is 1. The SMILES string of the molecule is COc1ccc(-c2csc(NC(=O)Cc3ccc4c(c3)OCO4)n2)cc1OC. The van der Waals surface area contributed by atoms with Crippen LogP contribution in [0.4, 0.5) is 5.13 Å². The van der Waals surface area contributed by atoms with Gasteiger partial charge in [-0.3, -0.25) is 4.79 Å². The van der Waals surface area contributed by atoms with Crippen LogP contribution in [-0.2, 0) is 11.2 Å². The van der Waals surface area contributed by atoms with Gasteiger partial charge in [-0.25, -0.2) is 4.98 Å². The van der Waals surface area contributed by atoms with Crippen LogP contribution >= 0.6 is 11.3 Å². The lowest BCUT2D eigenvalue weighted by atomic mass is 10.1. The van der Waals surface area contributed by atoms with Gasteiger partial charge < -0.3 is 24.3 Å². The molecule has 1 N–H and O–H groups in total. The van der Waals surface area contributed by atoms with Crippen LogP contribution in [-0.4, -0.2) is 31.9 Å². The third-order valence-electron chi connectivity index (χ3n) is 4.23. The van der Waals surface area contributed by atoms with Crippen molar-refractivity contribution in [1.82, 2.24) is 4.98 Å². The first kappa shape index (κ1) is 18.1. The molecule has 0 saturated carbocycles. The molecular formula is C20H18N2O5S. The van der Waals surface area contributed by atoms with Gasteiger partial charge in [-0.05, 0) is 35.9 Å². The smallest absolute Gasteiger partial charge is 0.231 e. The summed E-state index contributed by atoms with van der Waals surface area (Å²) in [4.78, 5) is 16.9. The number of carbonyl (C=O) groups excluding carboxylic acids is 1. The molecule has 144 valence electrons. The standard InChI is InChI=1S/C20H18N2O5S/c1-24-15-6-4-13(9-17(15)25-2)14-10-28-20(21-14)22-19(23)8-12-3-5-16-18(7-12)27-11-26-16/h3-7,9-10H,8,11H2,1-2H3,(H,21,22,23). The maximum absolute atomic E-state index is 12.4. The normalized spacial score (nSPS) is 11.9. The number of methoxy groups -OCH3 is 2. The third kappa shape index (κ3) is 3.72. The Bertz CT molecular complexity index is 1020. The van der Waals surface area contributed by atoms with E-state index in [1.807, 2.05) is 41.8 Å². The number of anilines is 1. The van der Waals surface area contributed by atoms with Crippen LogP contribution in [0.15, 0.2) is 41.8 Å². The Morgan fingerprint density at radius 1 is 1.11 bits per heavy atom. The highest BCUT2D eigenvalue weighted by Crippen LogP contribution is 2.34. The minimum absolute atomic E-state index is 0.146. The maximum Gasteiger partial charge on any atom is 0.231 e.